The van der Waals surface area contributed by atoms with Gasteiger partial charge < -0.3 is 34.6 Å². The molecule has 1 aromatic carbocycles. The van der Waals surface area contributed by atoms with E-state index >= 15 is 0 Å². The monoisotopic (exact) mass is 528 g/mol. The quantitative estimate of drug-likeness (QED) is 0.340. The van der Waals surface area contributed by atoms with Crippen LogP contribution in [0, 0.1) is 16.7 Å². The minimum atomic E-state index is -1.93. The van der Waals surface area contributed by atoms with Gasteiger partial charge in [0, 0.05) is 24.2 Å². The third-order valence-corrected chi connectivity index (χ3v) is 9.56. The minimum absolute atomic E-state index is 0.0647. The molecule has 206 valence electrons. The molecule has 5 rings (SSSR count). The molecule has 9 nitrogen and oxygen atoms in total. The summed E-state index contributed by atoms with van der Waals surface area (Å²) in [4.78, 5) is 26.0. The number of esters is 2. The van der Waals surface area contributed by atoms with Crippen LogP contribution < -0.4 is 0 Å². The summed E-state index contributed by atoms with van der Waals surface area (Å²) in [5, 5.41) is 47.1. The summed E-state index contributed by atoms with van der Waals surface area (Å²) in [6, 6.07) is 8.30. The highest BCUT2D eigenvalue weighted by atomic mass is 16.6. The second-order valence-electron chi connectivity index (χ2n) is 11.9. The molecule has 3 aliphatic carbocycles. The normalized spacial score (nSPS) is 43.1. The zero-order valence-corrected chi connectivity index (χ0v) is 22.2. The Bertz CT molecular complexity index is 1210. The van der Waals surface area contributed by atoms with E-state index in [2.05, 4.69) is 0 Å². The van der Waals surface area contributed by atoms with Gasteiger partial charge in [-0.3, -0.25) is 4.79 Å². The lowest BCUT2D eigenvalue weighted by Gasteiger charge is -2.66. The molecule has 2 bridgehead atoms. The van der Waals surface area contributed by atoms with E-state index in [0.29, 0.717) is 5.57 Å². The number of benzene rings is 1. The van der Waals surface area contributed by atoms with Gasteiger partial charge in [0.15, 0.2) is 5.60 Å². The lowest BCUT2D eigenvalue weighted by Crippen LogP contribution is -2.78. The van der Waals surface area contributed by atoms with Crippen molar-refractivity contribution in [3.63, 3.8) is 0 Å². The number of carbonyl (C=O) groups is 2. The molecule has 0 radical (unpaired) electrons. The molecular formula is C29H36O9. The Kier molecular flexibility index (Phi) is 6.20. The van der Waals surface area contributed by atoms with E-state index in [0.717, 1.165) is 0 Å². The van der Waals surface area contributed by atoms with Crippen LogP contribution in [0.25, 0.3) is 0 Å². The van der Waals surface area contributed by atoms with E-state index in [4.69, 9.17) is 14.2 Å². The zero-order valence-electron chi connectivity index (χ0n) is 22.2. The Morgan fingerprint density at radius 2 is 1.74 bits per heavy atom. The predicted octanol–water partition coefficient (Wildman–Crippen LogP) is 1.68. The summed E-state index contributed by atoms with van der Waals surface area (Å²) in [5.74, 6) is -2.37. The van der Waals surface area contributed by atoms with Crippen LogP contribution in [0.2, 0.25) is 0 Å². The molecule has 1 saturated carbocycles. The van der Waals surface area contributed by atoms with Crippen molar-refractivity contribution >= 4 is 11.9 Å². The molecule has 0 spiro atoms. The molecule has 4 aliphatic rings. The third-order valence-electron chi connectivity index (χ3n) is 9.56. The first-order valence-corrected chi connectivity index (χ1v) is 12.9. The number of aliphatic hydroxyl groups excluding tert-OH is 3. The molecule has 9 heteroatoms. The van der Waals surface area contributed by atoms with Crippen molar-refractivity contribution in [3.8, 4) is 0 Å². The van der Waals surface area contributed by atoms with Crippen molar-refractivity contribution in [2.45, 2.75) is 82.8 Å². The fourth-order valence-electron chi connectivity index (χ4n) is 7.42. The summed E-state index contributed by atoms with van der Waals surface area (Å²) in [6.45, 7) is 7.94. The smallest absolute Gasteiger partial charge is 0.338 e. The number of ether oxygens (including phenoxy) is 3. The Morgan fingerprint density at radius 3 is 2.32 bits per heavy atom. The predicted molar refractivity (Wildman–Crippen MR) is 135 cm³/mol. The van der Waals surface area contributed by atoms with Gasteiger partial charge in [-0.05, 0) is 30.2 Å². The van der Waals surface area contributed by atoms with Crippen molar-refractivity contribution in [3.05, 3.63) is 59.2 Å². The standard InChI is InChI=1S/C29H36O9/c1-15-18(31)13-29(35)24(37-25(34)17-9-7-6-8-10-17)22-27(5,23(33)21(32)20(15)26(29,3)4)12-11-19-28(22,14-36-19)38-16(2)30/h6-12,18-19,21-24,31-33,35H,13-14H2,1-5H3/t18-,19+,21+,22-,23+,24-,27+,28-,29+/m0/s1. The molecule has 2 fully saturated rings. The third kappa shape index (κ3) is 3.49. The minimum Gasteiger partial charge on any atom is -0.455 e. The number of hydrogen-bond donors (Lipinski definition) is 4. The van der Waals surface area contributed by atoms with Gasteiger partial charge in [-0.25, -0.2) is 4.79 Å². The SMILES string of the molecule is CC(=O)O[C@@]12CO[C@@H]1C=C[C@@]1(C)[C@H](O)[C@H](O)C3=C(C)[C@@H](O)C[C@@](O)([C@@H](OC(=O)c4ccccc4)[C@@H]12)C3(C)C. The van der Waals surface area contributed by atoms with Crippen molar-refractivity contribution in [1.29, 1.82) is 0 Å². The molecule has 38 heavy (non-hydrogen) atoms. The molecule has 1 aromatic rings. The Balaban J connectivity index is 1.79. The molecule has 1 saturated heterocycles. The molecular weight excluding hydrogens is 492 g/mol. The maximum absolute atomic E-state index is 13.6. The van der Waals surface area contributed by atoms with Gasteiger partial charge in [0.2, 0.25) is 0 Å². The molecule has 0 unspecified atom stereocenters. The Labute approximate surface area is 221 Å². The van der Waals surface area contributed by atoms with Gasteiger partial charge in [-0.15, -0.1) is 0 Å². The summed E-state index contributed by atoms with van der Waals surface area (Å²) < 4.78 is 17.9. The fourth-order valence-corrected chi connectivity index (χ4v) is 7.42. The maximum atomic E-state index is 13.6. The van der Waals surface area contributed by atoms with Crippen LogP contribution in [-0.4, -0.2) is 80.7 Å². The first-order chi connectivity index (χ1) is 17.7. The van der Waals surface area contributed by atoms with Crippen molar-refractivity contribution < 1.29 is 44.2 Å². The van der Waals surface area contributed by atoms with Crippen LogP contribution in [0.3, 0.4) is 0 Å². The fraction of sp³-hybridized carbons (Fsp3) is 0.586. The van der Waals surface area contributed by atoms with Gasteiger partial charge in [-0.1, -0.05) is 51.1 Å². The van der Waals surface area contributed by atoms with Crippen LogP contribution in [0.4, 0.5) is 0 Å². The zero-order chi connectivity index (χ0) is 27.8. The van der Waals surface area contributed by atoms with E-state index in [1.807, 2.05) is 0 Å². The largest absolute Gasteiger partial charge is 0.455 e. The van der Waals surface area contributed by atoms with Crippen molar-refractivity contribution in [2.75, 3.05) is 6.61 Å². The van der Waals surface area contributed by atoms with Gasteiger partial charge >= 0.3 is 11.9 Å². The highest BCUT2D eigenvalue weighted by molar-refractivity contribution is 5.89. The van der Waals surface area contributed by atoms with Gasteiger partial charge in [0.1, 0.15) is 23.9 Å². The van der Waals surface area contributed by atoms with Crippen molar-refractivity contribution in [1.82, 2.24) is 0 Å². The van der Waals surface area contributed by atoms with Crippen LogP contribution in [0.1, 0.15) is 51.4 Å². The number of rotatable bonds is 3. The Morgan fingerprint density at radius 1 is 1.08 bits per heavy atom. The lowest BCUT2D eigenvalue weighted by atomic mass is 9.46. The van der Waals surface area contributed by atoms with Gasteiger partial charge in [-0.2, -0.15) is 0 Å². The first kappa shape index (κ1) is 27.0. The van der Waals surface area contributed by atoms with Gasteiger partial charge in [0.05, 0.1) is 30.3 Å². The Hall–Kier alpha value is -2.56. The summed E-state index contributed by atoms with van der Waals surface area (Å²) in [5.41, 5.74) is -4.96. The number of carbonyl (C=O) groups excluding carboxylic acids is 2. The maximum Gasteiger partial charge on any atom is 0.338 e. The van der Waals surface area contributed by atoms with Crippen LogP contribution >= 0.6 is 0 Å². The molecule has 1 aliphatic heterocycles. The molecule has 1 heterocycles. The molecule has 9 atom stereocenters. The van der Waals surface area contributed by atoms with E-state index in [1.165, 1.54) is 6.92 Å². The highest BCUT2D eigenvalue weighted by Gasteiger charge is 2.74. The van der Waals surface area contributed by atoms with Crippen molar-refractivity contribution in [2.24, 2.45) is 16.7 Å². The van der Waals surface area contributed by atoms with Crippen LogP contribution in [0.15, 0.2) is 53.6 Å². The number of aliphatic hydroxyl groups is 4. The number of hydrogen-bond acceptors (Lipinski definition) is 9. The summed E-state index contributed by atoms with van der Waals surface area (Å²) in [7, 11) is 0. The molecule has 0 aromatic heterocycles. The van der Waals surface area contributed by atoms with E-state index in [1.54, 1.807) is 70.2 Å². The van der Waals surface area contributed by atoms with Gasteiger partial charge in [0.25, 0.3) is 0 Å². The number of fused-ring (bicyclic) bond motifs is 5. The highest BCUT2D eigenvalue weighted by Crippen LogP contribution is 2.63. The summed E-state index contributed by atoms with van der Waals surface area (Å²) in [6.07, 6.45) is -3.06. The molecule has 0 amide bonds. The summed E-state index contributed by atoms with van der Waals surface area (Å²) >= 11 is 0. The van der Waals surface area contributed by atoms with E-state index in [9.17, 15) is 30.0 Å². The van der Waals surface area contributed by atoms with Crippen LogP contribution in [0.5, 0.6) is 0 Å². The lowest BCUT2D eigenvalue weighted by molar-refractivity contribution is -0.319. The second kappa shape index (κ2) is 8.72. The van der Waals surface area contributed by atoms with Crippen LogP contribution in [-0.2, 0) is 19.0 Å². The van der Waals surface area contributed by atoms with E-state index in [-0.39, 0.29) is 24.2 Å². The average molecular weight is 529 g/mol. The molecule has 4 N–H and O–H groups in total. The van der Waals surface area contributed by atoms with E-state index < -0.39 is 70.4 Å². The first-order valence-electron chi connectivity index (χ1n) is 12.9. The second-order valence-corrected chi connectivity index (χ2v) is 11.9. The average Bonchev–Trinajstić information content (AvgIpc) is 2.84. The topological polar surface area (TPSA) is 143 Å².